The van der Waals surface area contributed by atoms with Crippen molar-refractivity contribution in [2.75, 3.05) is 26.8 Å². The van der Waals surface area contributed by atoms with Crippen LogP contribution >= 0.6 is 0 Å². The van der Waals surface area contributed by atoms with Crippen LogP contribution in [-0.4, -0.2) is 63.1 Å². The third kappa shape index (κ3) is 4.11. The van der Waals surface area contributed by atoms with Crippen LogP contribution in [0.5, 0.6) is 0 Å². The standard InChI is InChI=1S/C15H20N2O6S/c1-23-9-7-16-24(21,22)12-5-2-4-11(10-12)14(18)17-8-3-6-13(17)15(19)20/h2,4-5,10,13,16H,3,6-9H2,1H3,(H,19,20). The van der Waals surface area contributed by atoms with E-state index in [4.69, 9.17) is 4.74 Å². The van der Waals surface area contributed by atoms with Gasteiger partial charge in [0.25, 0.3) is 5.91 Å². The van der Waals surface area contributed by atoms with Crippen molar-refractivity contribution in [2.24, 2.45) is 0 Å². The average Bonchev–Trinajstić information content (AvgIpc) is 3.04. The zero-order valence-corrected chi connectivity index (χ0v) is 14.1. The van der Waals surface area contributed by atoms with E-state index in [0.717, 1.165) is 0 Å². The van der Waals surface area contributed by atoms with Crippen molar-refractivity contribution < 1.29 is 27.9 Å². The highest BCUT2D eigenvalue weighted by Crippen LogP contribution is 2.21. The van der Waals surface area contributed by atoms with Crippen LogP contribution in [0.25, 0.3) is 0 Å². The monoisotopic (exact) mass is 356 g/mol. The highest BCUT2D eigenvalue weighted by Gasteiger charge is 2.34. The Kier molecular flexibility index (Phi) is 5.92. The summed E-state index contributed by atoms with van der Waals surface area (Å²) in [6.07, 6.45) is 1.01. The smallest absolute Gasteiger partial charge is 0.326 e. The summed E-state index contributed by atoms with van der Waals surface area (Å²) in [6, 6.07) is 4.72. The van der Waals surface area contributed by atoms with E-state index in [1.54, 1.807) is 0 Å². The van der Waals surface area contributed by atoms with Crippen LogP contribution in [0.2, 0.25) is 0 Å². The Morgan fingerprint density at radius 1 is 1.42 bits per heavy atom. The molecule has 1 unspecified atom stereocenters. The van der Waals surface area contributed by atoms with Gasteiger partial charge in [0.05, 0.1) is 11.5 Å². The fourth-order valence-corrected chi connectivity index (χ4v) is 3.65. The summed E-state index contributed by atoms with van der Waals surface area (Å²) in [7, 11) is -2.30. The van der Waals surface area contributed by atoms with Gasteiger partial charge in [-0.3, -0.25) is 4.79 Å². The third-order valence-electron chi connectivity index (χ3n) is 3.79. The van der Waals surface area contributed by atoms with Crippen LogP contribution in [0.3, 0.4) is 0 Å². The molecule has 1 amide bonds. The number of likely N-dealkylation sites (tertiary alicyclic amines) is 1. The maximum absolute atomic E-state index is 12.5. The Morgan fingerprint density at radius 2 is 2.17 bits per heavy atom. The second-order valence-corrected chi connectivity index (χ2v) is 7.18. The number of hydrogen-bond donors (Lipinski definition) is 2. The molecule has 0 radical (unpaired) electrons. The number of carbonyl (C=O) groups is 2. The number of methoxy groups -OCH3 is 1. The van der Waals surface area contributed by atoms with Gasteiger partial charge < -0.3 is 14.7 Å². The van der Waals surface area contributed by atoms with Crippen LogP contribution < -0.4 is 4.72 Å². The molecule has 1 heterocycles. The Labute approximate surface area is 140 Å². The largest absolute Gasteiger partial charge is 0.480 e. The number of amides is 1. The molecule has 0 saturated carbocycles. The molecule has 1 aromatic rings. The van der Waals surface area contributed by atoms with Gasteiger partial charge >= 0.3 is 5.97 Å². The van der Waals surface area contributed by atoms with E-state index in [0.29, 0.717) is 19.4 Å². The topological polar surface area (TPSA) is 113 Å². The van der Waals surface area contributed by atoms with Crippen LogP contribution in [0, 0.1) is 0 Å². The Balaban J connectivity index is 2.21. The van der Waals surface area contributed by atoms with Crippen LogP contribution in [-0.2, 0) is 19.6 Å². The molecular weight excluding hydrogens is 336 g/mol. The van der Waals surface area contributed by atoms with Gasteiger partial charge in [0, 0.05) is 25.8 Å². The summed E-state index contributed by atoms with van der Waals surface area (Å²) in [5.74, 6) is -1.53. The van der Waals surface area contributed by atoms with E-state index in [-0.39, 0.29) is 23.6 Å². The average molecular weight is 356 g/mol. The van der Waals surface area contributed by atoms with E-state index in [1.165, 1.54) is 36.3 Å². The number of benzene rings is 1. The van der Waals surface area contributed by atoms with E-state index in [9.17, 15) is 23.1 Å². The number of carbonyl (C=O) groups excluding carboxylic acids is 1. The van der Waals surface area contributed by atoms with Crippen molar-refractivity contribution in [1.82, 2.24) is 9.62 Å². The van der Waals surface area contributed by atoms with Crippen molar-refractivity contribution in [2.45, 2.75) is 23.8 Å². The number of carboxylic acids is 1. The molecule has 1 fully saturated rings. The SMILES string of the molecule is COCCNS(=O)(=O)c1cccc(C(=O)N2CCCC2C(=O)O)c1. The summed E-state index contributed by atoms with van der Waals surface area (Å²) >= 11 is 0. The quantitative estimate of drug-likeness (QED) is 0.680. The van der Waals surface area contributed by atoms with E-state index in [2.05, 4.69) is 4.72 Å². The van der Waals surface area contributed by atoms with E-state index in [1.807, 2.05) is 0 Å². The van der Waals surface area contributed by atoms with Gasteiger partial charge in [0.1, 0.15) is 6.04 Å². The van der Waals surface area contributed by atoms with Crippen molar-refractivity contribution >= 4 is 21.9 Å². The molecular formula is C15H20N2O6S. The maximum Gasteiger partial charge on any atom is 0.326 e. The molecule has 1 aliphatic rings. The number of nitrogens with one attached hydrogen (secondary N) is 1. The number of rotatable bonds is 7. The Bertz CT molecular complexity index is 718. The summed E-state index contributed by atoms with van der Waals surface area (Å²) in [6.45, 7) is 0.689. The highest BCUT2D eigenvalue weighted by atomic mass is 32.2. The lowest BCUT2D eigenvalue weighted by Gasteiger charge is -2.21. The first-order chi connectivity index (χ1) is 11.4. The van der Waals surface area contributed by atoms with Gasteiger partial charge in [-0.2, -0.15) is 0 Å². The van der Waals surface area contributed by atoms with Crippen molar-refractivity contribution in [3.63, 3.8) is 0 Å². The summed E-state index contributed by atoms with van der Waals surface area (Å²) in [4.78, 5) is 25.0. The van der Waals surface area contributed by atoms with Gasteiger partial charge in [-0.25, -0.2) is 17.9 Å². The van der Waals surface area contributed by atoms with Crippen LogP contribution in [0.4, 0.5) is 0 Å². The fraction of sp³-hybridized carbons (Fsp3) is 0.467. The molecule has 24 heavy (non-hydrogen) atoms. The number of carboxylic acid groups (broad SMARTS) is 1. The van der Waals surface area contributed by atoms with E-state index >= 15 is 0 Å². The molecule has 0 bridgehead atoms. The summed E-state index contributed by atoms with van der Waals surface area (Å²) in [5.41, 5.74) is 0.151. The number of aliphatic carboxylic acids is 1. The molecule has 1 aliphatic heterocycles. The molecule has 0 aliphatic carbocycles. The normalized spacial score (nSPS) is 17.9. The lowest BCUT2D eigenvalue weighted by molar-refractivity contribution is -0.141. The molecule has 1 aromatic carbocycles. The first-order valence-electron chi connectivity index (χ1n) is 7.49. The van der Waals surface area contributed by atoms with Gasteiger partial charge in [-0.1, -0.05) is 6.07 Å². The molecule has 1 atom stereocenters. The van der Waals surface area contributed by atoms with Crippen molar-refractivity contribution in [1.29, 1.82) is 0 Å². The molecule has 9 heteroatoms. The minimum Gasteiger partial charge on any atom is -0.480 e. The highest BCUT2D eigenvalue weighted by molar-refractivity contribution is 7.89. The predicted octanol–water partition coefficient (Wildman–Crippen LogP) is 0.301. The summed E-state index contributed by atoms with van der Waals surface area (Å²) < 4.78 is 31.5. The van der Waals surface area contributed by atoms with Crippen molar-refractivity contribution in [3.05, 3.63) is 29.8 Å². The van der Waals surface area contributed by atoms with Crippen LogP contribution in [0.1, 0.15) is 23.2 Å². The lowest BCUT2D eigenvalue weighted by atomic mass is 10.1. The number of hydrogen-bond acceptors (Lipinski definition) is 5. The zero-order chi connectivity index (χ0) is 17.7. The fourth-order valence-electron chi connectivity index (χ4n) is 2.59. The molecule has 2 rings (SSSR count). The van der Waals surface area contributed by atoms with Gasteiger partial charge in [0.15, 0.2) is 0 Å². The molecule has 1 saturated heterocycles. The maximum atomic E-state index is 12.5. The minimum atomic E-state index is -3.76. The van der Waals surface area contributed by atoms with Gasteiger partial charge in [0.2, 0.25) is 10.0 Å². The third-order valence-corrected chi connectivity index (χ3v) is 5.25. The second kappa shape index (κ2) is 7.73. The minimum absolute atomic E-state index is 0.0458. The Morgan fingerprint density at radius 3 is 2.83 bits per heavy atom. The van der Waals surface area contributed by atoms with E-state index < -0.39 is 27.9 Å². The number of sulfonamides is 1. The molecule has 0 aromatic heterocycles. The number of ether oxygens (including phenoxy) is 1. The summed E-state index contributed by atoms with van der Waals surface area (Å²) in [5, 5.41) is 9.17. The first kappa shape index (κ1) is 18.4. The lowest BCUT2D eigenvalue weighted by Crippen LogP contribution is -2.40. The molecule has 8 nitrogen and oxygen atoms in total. The van der Waals surface area contributed by atoms with Crippen molar-refractivity contribution in [3.8, 4) is 0 Å². The number of nitrogens with zero attached hydrogens (tertiary/aromatic N) is 1. The van der Waals surface area contributed by atoms with Gasteiger partial charge in [-0.15, -0.1) is 0 Å². The molecule has 132 valence electrons. The zero-order valence-electron chi connectivity index (χ0n) is 13.3. The Hall–Kier alpha value is -1.97. The molecule has 0 spiro atoms. The van der Waals surface area contributed by atoms with Gasteiger partial charge in [-0.05, 0) is 31.0 Å². The predicted molar refractivity (Wildman–Crippen MR) is 85.2 cm³/mol. The van der Waals surface area contributed by atoms with Crippen LogP contribution in [0.15, 0.2) is 29.2 Å². The first-order valence-corrected chi connectivity index (χ1v) is 8.97. The second-order valence-electron chi connectivity index (χ2n) is 5.41. The molecule has 2 N–H and O–H groups in total.